The number of hydrogen-bond donors (Lipinski definition) is 1. The van der Waals surface area contributed by atoms with Gasteiger partial charge in [0.05, 0.1) is 17.8 Å². The molecule has 2 aromatic heterocycles. The molecule has 5 nitrogen and oxygen atoms in total. The number of halogens is 2. The second-order valence-corrected chi connectivity index (χ2v) is 10.4. The van der Waals surface area contributed by atoms with Gasteiger partial charge >= 0.3 is 0 Å². The first kappa shape index (κ1) is 25.8. The highest BCUT2D eigenvalue weighted by Gasteiger charge is 2.22. The van der Waals surface area contributed by atoms with Crippen molar-refractivity contribution < 1.29 is 4.79 Å². The first-order chi connectivity index (χ1) is 19.5. The summed E-state index contributed by atoms with van der Waals surface area (Å²) >= 11 is 12.6. The summed E-state index contributed by atoms with van der Waals surface area (Å²) in [7, 11) is 1.99. The normalized spacial score (nSPS) is 11.9. The summed E-state index contributed by atoms with van der Waals surface area (Å²) in [6.07, 6.45) is 3.69. The van der Waals surface area contributed by atoms with Crippen LogP contribution >= 0.6 is 23.2 Å². The molecule has 7 heteroatoms. The number of amides is 1. The van der Waals surface area contributed by atoms with Crippen molar-refractivity contribution in [3.63, 3.8) is 0 Å². The van der Waals surface area contributed by atoms with E-state index < -0.39 is 0 Å². The van der Waals surface area contributed by atoms with Crippen molar-refractivity contribution in [3.8, 4) is 11.1 Å². The molecule has 40 heavy (non-hydrogen) atoms. The van der Waals surface area contributed by atoms with Crippen LogP contribution in [0, 0.1) is 0 Å². The maximum absolute atomic E-state index is 13.3. The summed E-state index contributed by atoms with van der Waals surface area (Å²) < 4.78 is 2.02. The lowest BCUT2D eigenvalue weighted by atomic mass is 9.87. The van der Waals surface area contributed by atoms with Crippen LogP contribution in [0.5, 0.6) is 0 Å². The number of nitrogens with zero attached hydrogens (tertiary/aromatic N) is 3. The Morgan fingerprint density at radius 3 is 2.33 bits per heavy atom. The number of para-hydroxylation sites is 1. The first-order valence-corrected chi connectivity index (χ1v) is 13.5. The Kier molecular flexibility index (Phi) is 7.08. The number of fused-ring (bicyclic) bond motifs is 1. The molecule has 0 aliphatic carbocycles. The molecule has 0 radical (unpaired) electrons. The van der Waals surface area contributed by atoms with Gasteiger partial charge in [-0.2, -0.15) is 0 Å². The average molecular weight is 563 g/mol. The molecule has 0 aliphatic rings. The minimum atomic E-state index is -0.283. The highest BCUT2D eigenvalue weighted by atomic mass is 35.5. The predicted octanol–water partition coefficient (Wildman–Crippen LogP) is 8.37. The Morgan fingerprint density at radius 1 is 0.825 bits per heavy atom. The summed E-state index contributed by atoms with van der Waals surface area (Å²) in [5.41, 5.74) is 6.68. The van der Waals surface area contributed by atoms with Crippen molar-refractivity contribution in [2.75, 3.05) is 5.32 Å². The van der Waals surface area contributed by atoms with E-state index in [1.165, 1.54) is 0 Å². The van der Waals surface area contributed by atoms with E-state index in [0.29, 0.717) is 26.9 Å². The zero-order valence-electron chi connectivity index (χ0n) is 21.6. The van der Waals surface area contributed by atoms with Crippen molar-refractivity contribution in [3.05, 3.63) is 148 Å². The van der Waals surface area contributed by atoms with Gasteiger partial charge in [0, 0.05) is 40.1 Å². The van der Waals surface area contributed by atoms with Crippen LogP contribution in [-0.2, 0) is 7.05 Å². The highest BCUT2D eigenvalue weighted by molar-refractivity contribution is 6.31. The number of hydrogen-bond acceptors (Lipinski definition) is 3. The molecule has 4 aromatic carbocycles. The maximum atomic E-state index is 13.3. The van der Waals surface area contributed by atoms with E-state index in [2.05, 4.69) is 22.4 Å². The van der Waals surface area contributed by atoms with Gasteiger partial charge in [0.25, 0.3) is 5.91 Å². The summed E-state index contributed by atoms with van der Waals surface area (Å²) in [5, 5.41) is 5.15. The summed E-state index contributed by atoms with van der Waals surface area (Å²) in [6, 6.07) is 32.9. The maximum Gasteiger partial charge on any atom is 0.274 e. The topological polar surface area (TPSA) is 59.8 Å². The number of anilines is 1. The Morgan fingerprint density at radius 2 is 1.60 bits per heavy atom. The molecule has 0 saturated carbocycles. The molecule has 6 rings (SSSR count). The van der Waals surface area contributed by atoms with E-state index in [4.69, 9.17) is 28.2 Å². The first-order valence-electron chi connectivity index (χ1n) is 12.7. The van der Waals surface area contributed by atoms with Gasteiger partial charge in [-0.05, 0) is 76.9 Å². The number of carbonyl (C=O) groups is 1. The number of pyridine rings is 1. The van der Waals surface area contributed by atoms with Crippen molar-refractivity contribution >= 4 is 45.7 Å². The SMILES string of the molecule is Cn1cncc1C(c1ccc(Cl)cc1)c1ccc2nc(C(=O)Nc3ccccc3)cc(-c3cccc(Cl)c3)c2c1. The molecule has 2 heterocycles. The molecule has 1 unspecified atom stereocenters. The Labute approximate surface area is 242 Å². The van der Waals surface area contributed by atoms with E-state index in [1.54, 1.807) is 6.33 Å². The molecule has 1 N–H and O–H groups in total. The fourth-order valence-corrected chi connectivity index (χ4v) is 5.30. The van der Waals surface area contributed by atoms with Crippen LogP contribution in [-0.4, -0.2) is 20.4 Å². The van der Waals surface area contributed by atoms with Crippen LogP contribution in [0.4, 0.5) is 5.69 Å². The van der Waals surface area contributed by atoms with Crippen LogP contribution in [0.3, 0.4) is 0 Å². The largest absolute Gasteiger partial charge is 0.337 e. The molecule has 1 atom stereocenters. The van der Waals surface area contributed by atoms with Gasteiger partial charge in [0.1, 0.15) is 5.69 Å². The van der Waals surface area contributed by atoms with Crippen LogP contribution in [0.25, 0.3) is 22.0 Å². The molecule has 196 valence electrons. The molecule has 0 fully saturated rings. The second-order valence-electron chi connectivity index (χ2n) is 9.58. The number of imidazole rings is 1. The third-order valence-corrected chi connectivity index (χ3v) is 7.41. The third-order valence-electron chi connectivity index (χ3n) is 6.92. The molecule has 0 spiro atoms. The fourth-order valence-electron chi connectivity index (χ4n) is 4.99. The van der Waals surface area contributed by atoms with Gasteiger partial charge in [-0.3, -0.25) is 4.79 Å². The van der Waals surface area contributed by atoms with Crippen LogP contribution in [0.15, 0.2) is 116 Å². The van der Waals surface area contributed by atoms with Gasteiger partial charge in [-0.1, -0.05) is 71.7 Å². The van der Waals surface area contributed by atoms with Crippen LogP contribution < -0.4 is 5.32 Å². The standard InChI is InChI=1S/C33H24Cl2N4O/c1-39-20-36-19-31(39)32(21-10-13-24(34)14-11-21)23-12-15-29-28(17-23)27(22-6-5-7-25(35)16-22)18-30(38-29)33(40)37-26-8-3-2-4-9-26/h2-20,32H,1H3,(H,37,40). The minimum absolute atomic E-state index is 0.0950. The minimum Gasteiger partial charge on any atom is -0.337 e. The van der Waals surface area contributed by atoms with E-state index in [9.17, 15) is 4.79 Å². The lowest BCUT2D eigenvalue weighted by molar-refractivity contribution is 0.102. The molecular formula is C33H24Cl2N4O. The highest BCUT2D eigenvalue weighted by Crippen LogP contribution is 2.37. The van der Waals surface area contributed by atoms with E-state index >= 15 is 0 Å². The van der Waals surface area contributed by atoms with Gasteiger partial charge in [-0.15, -0.1) is 0 Å². The average Bonchev–Trinajstić information content (AvgIpc) is 3.39. The molecule has 1 amide bonds. The van der Waals surface area contributed by atoms with E-state index in [1.807, 2.05) is 109 Å². The van der Waals surface area contributed by atoms with Gasteiger partial charge in [0.2, 0.25) is 0 Å². The number of aryl methyl sites for hydroxylation is 1. The third kappa shape index (κ3) is 5.22. The van der Waals surface area contributed by atoms with Crippen LogP contribution in [0.2, 0.25) is 10.0 Å². The lowest BCUT2D eigenvalue weighted by Gasteiger charge is -2.20. The molecule has 0 bridgehead atoms. The number of nitrogens with one attached hydrogen (secondary N) is 1. The van der Waals surface area contributed by atoms with Crippen LogP contribution in [0.1, 0.15) is 33.2 Å². The molecule has 6 aromatic rings. The second kappa shape index (κ2) is 11.0. The lowest BCUT2D eigenvalue weighted by Crippen LogP contribution is -2.14. The number of carbonyl (C=O) groups excluding carboxylic acids is 1. The van der Waals surface area contributed by atoms with Gasteiger partial charge < -0.3 is 9.88 Å². The number of rotatable bonds is 6. The molecular weight excluding hydrogens is 539 g/mol. The Balaban J connectivity index is 1.53. The predicted molar refractivity (Wildman–Crippen MR) is 162 cm³/mol. The molecule has 0 saturated heterocycles. The number of aromatic nitrogens is 3. The van der Waals surface area contributed by atoms with Crippen molar-refractivity contribution in [2.24, 2.45) is 7.05 Å². The fraction of sp³-hybridized carbons (Fsp3) is 0.0606. The summed E-state index contributed by atoms with van der Waals surface area (Å²) in [5.74, 6) is -0.378. The quantitative estimate of drug-likeness (QED) is 0.222. The van der Waals surface area contributed by atoms with Crippen molar-refractivity contribution in [1.82, 2.24) is 14.5 Å². The Hall–Kier alpha value is -4.45. The molecule has 0 aliphatic heterocycles. The zero-order valence-corrected chi connectivity index (χ0v) is 23.1. The van der Waals surface area contributed by atoms with Gasteiger partial charge in [-0.25, -0.2) is 9.97 Å². The van der Waals surface area contributed by atoms with E-state index in [0.717, 1.165) is 33.3 Å². The number of benzene rings is 4. The smallest absolute Gasteiger partial charge is 0.274 e. The zero-order chi connectivity index (χ0) is 27.6. The van der Waals surface area contributed by atoms with Crippen molar-refractivity contribution in [1.29, 1.82) is 0 Å². The summed E-state index contributed by atoms with van der Waals surface area (Å²) in [6.45, 7) is 0. The van der Waals surface area contributed by atoms with E-state index in [-0.39, 0.29) is 11.8 Å². The van der Waals surface area contributed by atoms with Crippen molar-refractivity contribution in [2.45, 2.75) is 5.92 Å². The van der Waals surface area contributed by atoms with Gasteiger partial charge in [0.15, 0.2) is 0 Å². The Bertz CT molecular complexity index is 1830. The monoisotopic (exact) mass is 562 g/mol. The summed E-state index contributed by atoms with van der Waals surface area (Å²) in [4.78, 5) is 22.4.